The molecule has 2 atom stereocenters. The number of rotatable bonds is 4. The molecule has 2 unspecified atom stereocenters. The molecular formula is C13H23N3O. The van der Waals surface area contributed by atoms with Crippen LogP contribution in [0.1, 0.15) is 44.8 Å². The summed E-state index contributed by atoms with van der Waals surface area (Å²) in [6, 6.07) is 0.532. The largest absolute Gasteiger partial charge is 0.381 e. The third kappa shape index (κ3) is 2.38. The summed E-state index contributed by atoms with van der Waals surface area (Å²) in [5.74, 6) is 0. The maximum Gasteiger partial charge on any atom is 0.0951 e. The minimum atomic E-state index is -0.0400. The van der Waals surface area contributed by atoms with Crippen LogP contribution in [0.25, 0.3) is 0 Å². The number of nitrogens with zero attached hydrogens (tertiary/aromatic N) is 2. The molecule has 1 N–H and O–H groups in total. The summed E-state index contributed by atoms with van der Waals surface area (Å²) in [5, 5.41) is 3.34. The van der Waals surface area contributed by atoms with E-state index in [9.17, 15) is 0 Å². The van der Waals surface area contributed by atoms with Crippen LogP contribution in [0.5, 0.6) is 0 Å². The van der Waals surface area contributed by atoms with Gasteiger partial charge in [-0.15, -0.1) is 0 Å². The second kappa shape index (κ2) is 4.78. The van der Waals surface area contributed by atoms with Gasteiger partial charge in [0.1, 0.15) is 0 Å². The monoisotopic (exact) mass is 237 g/mol. The average molecular weight is 237 g/mol. The van der Waals surface area contributed by atoms with Crippen LogP contribution >= 0.6 is 0 Å². The molecule has 0 radical (unpaired) electrons. The first-order valence-electron chi connectivity index (χ1n) is 6.32. The normalized spacial score (nSPS) is 25.4. The van der Waals surface area contributed by atoms with E-state index in [1.165, 1.54) is 12.1 Å². The number of aromatic nitrogens is 2. The predicted molar refractivity (Wildman–Crippen MR) is 68.0 cm³/mol. The summed E-state index contributed by atoms with van der Waals surface area (Å²) in [7, 11) is 3.79. The lowest BCUT2D eigenvalue weighted by Crippen LogP contribution is -2.36. The van der Waals surface area contributed by atoms with Gasteiger partial charge >= 0.3 is 0 Å². The van der Waals surface area contributed by atoms with Gasteiger partial charge in [-0.1, -0.05) is 0 Å². The number of methoxy groups -OCH3 is 1. The zero-order valence-corrected chi connectivity index (χ0v) is 11.2. The Kier molecular flexibility index (Phi) is 3.54. The van der Waals surface area contributed by atoms with Crippen molar-refractivity contribution in [1.82, 2.24) is 14.9 Å². The predicted octanol–water partition coefficient (Wildman–Crippen LogP) is 2.08. The van der Waals surface area contributed by atoms with Gasteiger partial charge in [0.05, 0.1) is 29.9 Å². The smallest absolute Gasteiger partial charge is 0.0951 e. The highest BCUT2D eigenvalue weighted by atomic mass is 16.5. The second-order valence-corrected chi connectivity index (χ2v) is 5.39. The number of nitrogens with one attached hydrogen (secondary N) is 1. The molecule has 1 aliphatic rings. The van der Waals surface area contributed by atoms with Crippen molar-refractivity contribution in [1.29, 1.82) is 0 Å². The molecule has 4 nitrogen and oxygen atoms in total. The Hall–Kier alpha value is -0.870. The van der Waals surface area contributed by atoms with Crippen LogP contribution in [-0.2, 0) is 10.3 Å². The van der Waals surface area contributed by atoms with Gasteiger partial charge in [0.2, 0.25) is 0 Å². The molecule has 1 aliphatic carbocycles. The van der Waals surface area contributed by atoms with Crippen LogP contribution in [-0.4, -0.2) is 29.8 Å². The Morgan fingerprint density at radius 2 is 2.24 bits per heavy atom. The lowest BCUT2D eigenvalue weighted by atomic mass is 10.0. The Morgan fingerprint density at radius 3 is 2.82 bits per heavy atom. The molecular weight excluding hydrogens is 214 g/mol. The molecule has 1 aromatic heterocycles. The number of imidazole rings is 1. The first-order chi connectivity index (χ1) is 8.08. The molecule has 4 heteroatoms. The van der Waals surface area contributed by atoms with Crippen molar-refractivity contribution in [2.45, 2.75) is 50.8 Å². The van der Waals surface area contributed by atoms with Crippen molar-refractivity contribution < 1.29 is 4.74 Å². The molecule has 1 aromatic rings. The van der Waals surface area contributed by atoms with Crippen molar-refractivity contribution in [3.8, 4) is 0 Å². The molecule has 1 saturated carbocycles. The minimum Gasteiger partial charge on any atom is -0.381 e. The van der Waals surface area contributed by atoms with Crippen molar-refractivity contribution in [2.75, 3.05) is 14.2 Å². The van der Waals surface area contributed by atoms with E-state index in [2.05, 4.69) is 28.7 Å². The van der Waals surface area contributed by atoms with Crippen LogP contribution in [0.4, 0.5) is 0 Å². The highest BCUT2D eigenvalue weighted by Gasteiger charge is 2.30. The maximum atomic E-state index is 5.44. The highest BCUT2D eigenvalue weighted by Crippen LogP contribution is 2.34. The molecule has 0 saturated heterocycles. The third-order valence-corrected chi connectivity index (χ3v) is 4.01. The summed E-state index contributed by atoms with van der Waals surface area (Å²) < 4.78 is 7.76. The van der Waals surface area contributed by atoms with Crippen molar-refractivity contribution >= 4 is 0 Å². The Morgan fingerprint density at radius 1 is 1.47 bits per heavy atom. The van der Waals surface area contributed by atoms with E-state index in [-0.39, 0.29) is 5.54 Å². The fraction of sp³-hybridized carbons (Fsp3) is 0.769. The van der Waals surface area contributed by atoms with Gasteiger partial charge in [0, 0.05) is 13.2 Å². The summed E-state index contributed by atoms with van der Waals surface area (Å²) in [6.45, 7) is 4.37. The second-order valence-electron chi connectivity index (χ2n) is 5.39. The quantitative estimate of drug-likeness (QED) is 0.871. The molecule has 1 heterocycles. The lowest BCUT2D eigenvalue weighted by molar-refractivity contribution is 0.105. The van der Waals surface area contributed by atoms with E-state index >= 15 is 0 Å². The maximum absolute atomic E-state index is 5.44. The molecule has 17 heavy (non-hydrogen) atoms. The highest BCUT2D eigenvalue weighted by molar-refractivity contribution is 5.12. The first kappa shape index (κ1) is 12.6. The zero-order chi connectivity index (χ0) is 12.5. The molecule has 0 aromatic carbocycles. The molecule has 0 aliphatic heterocycles. The van der Waals surface area contributed by atoms with Crippen LogP contribution in [0, 0.1) is 0 Å². The van der Waals surface area contributed by atoms with Crippen LogP contribution in [0.2, 0.25) is 0 Å². The molecule has 2 rings (SSSR count). The van der Waals surface area contributed by atoms with Crippen molar-refractivity contribution in [3.63, 3.8) is 0 Å². The average Bonchev–Trinajstić information content (AvgIpc) is 2.97. The Balaban J connectivity index is 2.20. The van der Waals surface area contributed by atoms with Gasteiger partial charge in [0.15, 0.2) is 0 Å². The number of hydrogen-bond acceptors (Lipinski definition) is 3. The Labute approximate surface area is 103 Å². The van der Waals surface area contributed by atoms with Gasteiger partial charge in [-0.2, -0.15) is 0 Å². The Bertz CT molecular complexity index is 372. The number of hydrogen-bond donors (Lipinski definition) is 1. The van der Waals surface area contributed by atoms with Gasteiger partial charge in [0.25, 0.3) is 0 Å². The van der Waals surface area contributed by atoms with Crippen molar-refractivity contribution in [3.05, 3.63) is 18.2 Å². The van der Waals surface area contributed by atoms with E-state index in [1.54, 1.807) is 7.11 Å². The van der Waals surface area contributed by atoms with E-state index in [0.29, 0.717) is 12.1 Å². The minimum absolute atomic E-state index is 0.0400. The molecule has 96 valence electrons. The summed E-state index contributed by atoms with van der Waals surface area (Å²) in [4.78, 5) is 4.31. The fourth-order valence-electron chi connectivity index (χ4n) is 2.59. The number of ether oxygens (including phenoxy) is 1. The molecule has 1 fully saturated rings. The topological polar surface area (TPSA) is 39.1 Å². The summed E-state index contributed by atoms with van der Waals surface area (Å²) in [5.41, 5.74) is 1.21. The summed E-state index contributed by atoms with van der Waals surface area (Å²) >= 11 is 0. The van der Waals surface area contributed by atoms with Crippen molar-refractivity contribution in [2.24, 2.45) is 0 Å². The molecule has 0 bridgehead atoms. The van der Waals surface area contributed by atoms with Gasteiger partial charge in [-0.25, -0.2) is 4.98 Å². The standard InChI is InChI=1S/C13H23N3O/c1-13(2,14-3)12-8-15-9-16(12)10-5-6-11(7-10)17-4/h8-11,14H,5-7H2,1-4H3. The van der Waals surface area contributed by atoms with Gasteiger partial charge in [-0.05, 0) is 40.2 Å². The molecule has 0 spiro atoms. The van der Waals surface area contributed by atoms with Gasteiger partial charge in [-0.3, -0.25) is 0 Å². The van der Waals surface area contributed by atoms with E-state index in [0.717, 1.165) is 12.8 Å². The first-order valence-corrected chi connectivity index (χ1v) is 6.32. The van der Waals surface area contributed by atoms with Gasteiger partial charge < -0.3 is 14.6 Å². The molecule has 0 amide bonds. The van der Waals surface area contributed by atoms with E-state index < -0.39 is 0 Å². The van der Waals surface area contributed by atoms with E-state index in [4.69, 9.17) is 4.74 Å². The lowest BCUT2D eigenvalue weighted by Gasteiger charge is -2.27. The van der Waals surface area contributed by atoms with Crippen LogP contribution < -0.4 is 5.32 Å². The van der Waals surface area contributed by atoms with E-state index in [1.807, 2.05) is 19.6 Å². The summed E-state index contributed by atoms with van der Waals surface area (Å²) in [6.07, 6.45) is 7.77. The SMILES string of the molecule is CNC(C)(C)c1cncn1C1CCC(OC)C1. The zero-order valence-electron chi connectivity index (χ0n) is 11.2. The third-order valence-electron chi connectivity index (χ3n) is 4.01. The van der Waals surface area contributed by atoms with Crippen LogP contribution in [0.3, 0.4) is 0 Å². The fourth-order valence-corrected chi connectivity index (χ4v) is 2.59. The van der Waals surface area contributed by atoms with Crippen LogP contribution in [0.15, 0.2) is 12.5 Å².